The number of carbonyl (C=O) groups is 1. The summed E-state index contributed by atoms with van der Waals surface area (Å²) in [5, 5.41) is 0.430. The molecular weight excluding hydrogens is 408 g/mol. The highest BCUT2D eigenvalue weighted by atomic mass is 35.5. The average molecular weight is 435 g/mol. The Labute approximate surface area is 178 Å². The van der Waals surface area contributed by atoms with Crippen LogP contribution in [0.4, 0.5) is 0 Å². The van der Waals surface area contributed by atoms with Crippen molar-refractivity contribution in [1.82, 2.24) is 9.62 Å². The first kappa shape index (κ1) is 21.8. The second-order valence-electron chi connectivity index (χ2n) is 8.44. The van der Waals surface area contributed by atoms with Gasteiger partial charge in [0.25, 0.3) is 5.91 Å². The van der Waals surface area contributed by atoms with Crippen molar-refractivity contribution in [3.63, 3.8) is 0 Å². The molecule has 2 aromatic carbocycles. The molecule has 0 spiro atoms. The highest BCUT2D eigenvalue weighted by Crippen LogP contribution is 2.24. The van der Waals surface area contributed by atoms with Gasteiger partial charge in [-0.15, -0.1) is 0 Å². The highest BCUT2D eigenvalue weighted by Gasteiger charge is 2.28. The van der Waals surface area contributed by atoms with Crippen LogP contribution in [-0.4, -0.2) is 38.4 Å². The van der Waals surface area contributed by atoms with Gasteiger partial charge in [0.05, 0.1) is 15.5 Å². The minimum atomic E-state index is -3.59. The Kier molecular flexibility index (Phi) is 6.36. The number of carbonyl (C=O) groups excluding carboxylic acids is 1. The molecule has 0 aromatic heterocycles. The zero-order valence-electron chi connectivity index (χ0n) is 17.0. The third kappa shape index (κ3) is 5.18. The van der Waals surface area contributed by atoms with Crippen molar-refractivity contribution in [2.45, 2.75) is 50.0 Å². The van der Waals surface area contributed by atoms with Crippen molar-refractivity contribution in [3.8, 4) is 0 Å². The van der Waals surface area contributed by atoms with E-state index in [-0.39, 0.29) is 22.3 Å². The van der Waals surface area contributed by atoms with Crippen molar-refractivity contribution >= 4 is 27.5 Å². The zero-order valence-corrected chi connectivity index (χ0v) is 18.6. The summed E-state index contributed by atoms with van der Waals surface area (Å²) in [5.41, 5.74) is 1.53. The van der Waals surface area contributed by atoms with Crippen LogP contribution in [0.2, 0.25) is 5.02 Å². The van der Waals surface area contributed by atoms with E-state index in [9.17, 15) is 13.2 Å². The van der Waals surface area contributed by atoms with Crippen LogP contribution in [0.5, 0.6) is 0 Å². The lowest BCUT2D eigenvalue weighted by Gasteiger charge is -2.32. The molecule has 3 rings (SSSR count). The van der Waals surface area contributed by atoms with Crippen molar-refractivity contribution in [2.24, 2.45) is 0 Å². The van der Waals surface area contributed by atoms with Crippen LogP contribution in [-0.2, 0) is 15.4 Å². The molecule has 1 N–H and O–H groups in total. The molecule has 5 nitrogen and oxygen atoms in total. The van der Waals surface area contributed by atoms with Gasteiger partial charge in [-0.2, -0.15) is 0 Å². The molecule has 0 bridgehead atoms. The first-order valence-corrected chi connectivity index (χ1v) is 11.6. The second-order valence-corrected chi connectivity index (χ2v) is 10.6. The molecule has 0 aliphatic carbocycles. The summed E-state index contributed by atoms with van der Waals surface area (Å²) in [6, 6.07) is 13.8. The van der Waals surface area contributed by atoms with Crippen LogP contribution in [0.1, 0.15) is 49.5 Å². The number of nitrogens with zero attached hydrogens (tertiary/aromatic N) is 1. The average Bonchev–Trinajstić information content (AvgIpc) is 2.67. The maximum Gasteiger partial charge on any atom is 0.255 e. The first-order chi connectivity index (χ1) is 13.6. The Bertz CT molecular complexity index is 974. The lowest BCUT2D eigenvalue weighted by molar-refractivity contribution is 0.0711. The number of halogens is 1. The molecule has 29 heavy (non-hydrogen) atoms. The molecule has 1 aliphatic heterocycles. The smallest absolute Gasteiger partial charge is 0.255 e. The lowest BCUT2D eigenvalue weighted by Crippen LogP contribution is -2.46. The van der Waals surface area contributed by atoms with E-state index >= 15 is 0 Å². The molecule has 156 valence electrons. The summed E-state index contributed by atoms with van der Waals surface area (Å²) in [7, 11) is -3.59. The monoisotopic (exact) mass is 434 g/mol. The Morgan fingerprint density at radius 1 is 1.03 bits per heavy atom. The molecule has 1 aliphatic rings. The van der Waals surface area contributed by atoms with Gasteiger partial charge in [0, 0.05) is 19.1 Å². The summed E-state index contributed by atoms with van der Waals surface area (Å²) in [4.78, 5) is 14.6. The number of likely N-dealkylation sites (tertiary alicyclic amines) is 1. The van der Waals surface area contributed by atoms with Gasteiger partial charge in [0.15, 0.2) is 0 Å². The van der Waals surface area contributed by atoms with Crippen LogP contribution in [0.25, 0.3) is 0 Å². The number of rotatable bonds is 4. The van der Waals surface area contributed by atoms with E-state index in [2.05, 4.69) is 25.5 Å². The maximum atomic E-state index is 12.7. The summed E-state index contributed by atoms with van der Waals surface area (Å²) >= 11 is 6.12. The molecule has 0 radical (unpaired) electrons. The molecule has 2 aromatic rings. The summed E-state index contributed by atoms with van der Waals surface area (Å²) < 4.78 is 28.3. The molecule has 7 heteroatoms. The second kappa shape index (κ2) is 8.46. The van der Waals surface area contributed by atoms with Gasteiger partial charge in [0.1, 0.15) is 0 Å². The van der Waals surface area contributed by atoms with E-state index in [0.717, 1.165) is 5.56 Å². The normalized spacial score (nSPS) is 16.1. The number of benzene rings is 2. The van der Waals surface area contributed by atoms with Crippen LogP contribution < -0.4 is 4.72 Å². The van der Waals surface area contributed by atoms with Gasteiger partial charge < -0.3 is 4.90 Å². The standard InChI is InChI=1S/C22H27ClN2O3S/c1-22(2,3)16-8-10-18(11-9-16)29(27,28)24-17-12-14-25(15-13-17)21(26)19-6-4-5-7-20(19)23/h4-11,17,24H,12-15H2,1-3H3. The van der Waals surface area contributed by atoms with Gasteiger partial charge >= 0.3 is 0 Å². The van der Waals surface area contributed by atoms with Crippen molar-refractivity contribution < 1.29 is 13.2 Å². The number of amides is 1. The molecular formula is C22H27ClN2O3S. The molecule has 1 amide bonds. The quantitative estimate of drug-likeness (QED) is 0.783. The Balaban J connectivity index is 1.61. The third-order valence-electron chi connectivity index (χ3n) is 5.24. The van der Waals surface area contributed by atoms with Crippen LogP contribution >= 0.6 is 11.6 Å². The fraction of sp³-hybridized carbons (Fsp3) is 0.409. The largest absolute Gasteiger partial charge is 0.338 e. The fourth-order valence-corrected chi connectivity index (χ4v) is 4.95. The van der Waals surface area contributed by atoms with Crippen molar-refractivity contribution in [1.29, 1.82) is 0 Å². The minimum Gasteiger partial charge on any atom is -0.338 e. The number of piperidine rings is 1. The van der Waals surface area contributed by atoms with Gasteiger partial charge in [-0.1, -0.05) is 56.6 Å². The molecule has 0 saturated carbocycles. The van der Waals surface area contributed by atoms with Crippen molar-refractivity contribution in [3.05, 3.63) is 64.7 Å². The van der Waals surface area contributed by atoms with Crippen LogP contribution in [0, 0.1) is 0 Å². The summed E-state index contributed by atoms with van der Waals surface area (Å²) in [5.74, 6) is -0.116. The molecule has 1 fully saturated rings. The Morgan fingerprint density at radius 3 is 2.17 bits per heavy atom. The minimum absolute atomic E-state index is 0.0310. The zero-order chi connectivity index (χ0) is 21.2. The topological polar surface area (TPSA) is 66.5 Å². The van der Waals surface area contributed by atoms with Crippen molar-refractivity contribution in [2.75, 3.05) is 13.1 Å². The van der Waals surface area contributed by atoms with Gasteiger partial charge in [-0.25, -0.2) is 13.1 Å². The van der Waals surface area contributed by atoms with Crippen LogP contribution in [0.3, 0.4) is 0 Å². The molecule has 0 unspecified atom stereocenters. The summed E-state index contributed by atoms with van der Waals surface area (Å²) in [6.45, 7) is 7.24. The van der Waals surface area contributed by atoms with Gasteiger partial charge in [0.2, 0.25) is 10.0 Å². The first-order valence-electron chi connectivity index (χ1n) is 9.74. The summed E-state index contributed by atoms with van der Waals surface area (Å²) in [6.07, 6.45) is 1.13. The number of hydrogen-bond acceptors (Lipinski definition) is 3. The SMILES string of the molecule is CC(C)(C)c1ccc(S(=O)(=O)NC2CCN(C(=O)c3ccccc3Cl)CC2)cc1. The van der Waals surface area contributed by atoms with E-state index in [1.54, 1.807) is 41.3 Å². The predicted molar refractivity (Wildman–Crippen MR) is 116 cm³/mol. The van der Waals surface area contributed by atoms with E-state index in [1.165, 1.54) is 0 Å². The number of nitrogens with one attached hydrogen (secondary N) is 1. The fourth-order valence-electron chi connectivity index (χ4n) is 3.43. The van der Waals surface area contributed by atoms with E-state index in [4.69, 9.17) is 11.6 Å². The van der Waals surface area contributed by atoms with E-state index < -0.39 is 10.0 Å². The van der Waals surface area contributed by atoms with Gasteiger partial charge in [-0.3, -0.25) is 4.79 Å². The number of hydrogen-bond donors (Lipinski definition) is 1. The van der Waals surface area contributed by atoms with E-state index in [0.29, 0.717) is 36.5 Å². The Hall–Kier alpha value is -1.89. The highest BCUT2D eigenvalue weighted by molar-refractivity contribution is 7.89. The van der Waals surface area contributed by atoms with Gasteiger partial charge in [-0.05, 0) is 48.1 Å². The molecule has 1 saturated heterocycles. The maximum absolute atomic E-state index is 12.7. The lowest BCUT2D eigenvalue weighted by atomic mass is 9.87. The van der Waals surface area contributed by atoms with Crippen LogP contribution in [0.15, 0.2) is 53.4 Å². The van der Waals surface area contributed by atoms with E-state index in [1.807, 2.05) is 12.1 Å². The predicted octanol–water partition coefficient (Wildman–Crippen LogP) is 4.22. The Morgan fingerprint density at radius 2 is 1.62 bits per heavy atom. The molecule has 0 atom stereocenters. The number of sulfonamides is 1. The third-order valence-corrected chi connectivity index (χ3v) is 7.10. The molecule has 1 heterocycles.